The first-order chi connectivity index (χ1) is 69.5. The number of nitrogens with zero attached hydrogens (tertiary/aromatic N) is 17. The fraction of sp³-hybridized carbons (Fsp3) is 0.614. The molecule has 148 heavy (non-hydrogen) atoms. The molecule has 10 aromatic rings. The van der Waals surface area contributed by atoms with Crippen molar-refractivity contribution in [1.82, 2.24) is 93.3 Å². The molecule has 12 heterocycles. The Labute approximate surface area is 879 Å². The summed E-state index contributed by atoms with van der Waals surface area (Å²) in [4.78, 5) is 52.5. The van der Waals surface area contributed by atoms with E-state index < -0.39 is 68.0 Å². The summed E-state index contributed by atoms with van der Waals surface area (Å²) in [5.74, 6) is 3.49. The number of aryl methyl sites for hydroxylation is 3. The number of anilines is 1. The van der Waals surface area contributed by atoms with Gasteiger partial charge in [0.15, 0.2) is 17.5 Å². The van der Waals surface area contributed by atoms with E-state index in [1.807, 2.05) is 0 Å². The maximum absolute atomic E-state index is 13.5. The monoisotopic (exact) mass is 2180 g/mol. The molecule has 4 atom stereocenters. The van der Waals surface area contributed by atoms with Gasteiger partial charge in [0.2, 0.25) is 37.7 Å². The van der Waals surface area contributed by atoms with Crippen molar-refractivity contribution in [3.8, 4) is 35.1 Å². The molecule has 0 spiro atoms. The van der Waals surface area contributed by atoms with Crippen LogP contribution in [0.15, 0.2) is 142 Å². The lowest BCUT2D eigenvalue weighted by atomic mass is 9.89. The predicted octanol–water partition coefficient (Wildman–Crippen LogP) is 17.5. The summed E-state index contributed by atoms with van der Waals surface area (Å²) in [6, 6.07) is 14.5. The molecule has 40 nitrogen and oxygen atoms in total. The van der Waals surface area contributed by atoms with E-state index in [9.17, 15) is 56.5 Å². The molecule has 4 bridgehead atoms. The molecule has 0 radical (unpaired) electrons. The van der Waals surface area contributed by atoms with Gasteiger partial charge in [-0.25, -0.2) is 87.2 Å². The summed E-state index contributed by atoms with van der Waals surface area (Å²) in [6.45, 7) is 30.0. The SMILES string of the molecule is CC1(C)CCC(CCCCOS(C)(=O)=O)C1.CC1(C)CCC(CCCCn2cc(S(=O)(=O)NC(=O)c3ccc(-n4ccc(OCCC5(C)CC5)n4)nc3Cl)cn2)C1.CC1(C)CCC(CCCCn2cc(S(N)(=O)=O)cn2)C1.CC1(CCOc2ccn(-c3ccc(C(=O)O)c(Cl)n3)n2)CC1.CC1(CCOc2ccn(-c3ccc4c(n3)N3CC(CCCCn5cc(cn5)S(=O)(=O)NC4=O)CC3(C)C)n2)CC1.NS(=O)(=O)c1cn[nH]c1. The molecule has 6 aliphatic carbocycles. The number of aromatic amines is 1. The van der Waals surface area contributed by atoms with Crippen LogP contribution in [0.2, 0.25) is 10.3 Å². The van der Waals surface area contributed by atoms with Crippen molar-refractivity contribution in [2.75, 3.05) is 44.1 Å². The number of aromatic carboxylic acids is 1. The molecule has 0 aromatic carbocycles. The van der Waals surface area contributed by atoms with Crippen molar-refractivity contribution < 1.29 is 80.0 Å². The van der Waals surface area contributed by atoms with Crippen molar-refractivity contribution in [2.45, 2.75) is 320 Å². The first-order valence-electron chi connectivity index (χ1n) is 51.1. The lowest BCUT2D eigenvalue weighted by molar-refractivity contribution is 0.0695. The average molecular weight is 2190 g/mol. The maximum atomic E-state index is 13.5. The fourth-order valence-corrected chi connectivity index (χ4v) is 23.1. The van der Waals surface area contributed by atoms with Crippen molar-refractivity contribution in [3.05, 3.63) is 150 Å². The molecule has 47 heteroatoms. The summed E-state index contributed by atoms with van der Waals surface area (Å²) >= 11 is 12.1. The zero-order chi connectivity index (χ0) is 107. The second-order valence-electron chi connectivity index (χ2n) is 44.9. The number of pyridine rings is 3. The smallest absolute Gasteiger partial charge is 0.338 e. The molecule has 8 N–H and O–H groups in total. The zero-order valence-electron chi connectivity index (χ0n) is 86.9. The number of carboxylic acid groups (broad SMARTS) is 1. The second-order valence-corrected chi connectivity index (χ2v) is 53.8. The van der Waals surface area contributed by atoms with Crippen LogP contribution in [0, 0.1) is 56.2 Å². The number of unbranched alkanes of at least 4 members (excludes halogenated alkanes) is 3. The Morgan fingerprint density at radius 1 is 0.520 bits per heavy atom. The molecule has 18 rings (SSSR count). The van der Waals surface area contributed by atoms with Crippen LogP contribution >= 0.6 is 23.2 Å². The molecule has 10 aromatic heterocycles. The van der Waals surface area contributed by atoms with Gasteiger partial charge in [-0.2, -0.15) is 28.8 Å². The third kappa shape index (κ3) is 34.9. The van der Waals surface area contributed by atoms with Gasteiger partial charge in [-0.05, 0) is 261 Å². The van der Waals surface area contributed by atoms with Gasteiger partial charge in [0, 0.05) is 93.3 Å². The average Bonchev–Trinajstić information content (AvgIpc) is 1.58. The number of nitrogens with two attached hydrogens (primary N) is 2. The Morgan fingerprint density at radius 2 is 0.973 bits per heavy atom. The highest BCUT2D eigenvalue weighted by Gasteiger charge is 2.44. The number of sulfonamides is 4. The third-order valence-corrected chi connectivity index (χ3v) is 34.8. The van der Waals surface area contributed by atoms with Crippen LogP contribution in [0.3, 0.4) is 0 Å². The number of halogens is 2. The van der Waals surface area contributed by atoms with Crippen LogP contribution in [0.4, 0.5) is 5.82 Å². The van der Waals surface area contributed by atoms with Crippen molar-refractivity contribution >= 4 is 97.0 Å². The van der Waals surface area contributed by atoms with E-state index in [4.69, 9.17) is 62.0 Å². The van der Waals surface area contributed by atoms with Gasteiger partial charge in [0.25, 0.3) is 42.0 Å². The minimum absolute atomic E-state index is 0.00231. The highest BCUT2D eigenvalue weighted by atomic mass is 35.5. The van der Waals surface area contributed by atoms with E-state index in [-0.39, 0.29) is 52.1 Å². The molecule has 8 aliphatic rings. The molecule has 7 fully saturated rings. The first kappa shape index (κ1) is 115. The van der Waals surface area contributed by atoms with Crippen LogP contribution in [-0.4, -0.2) is 194 Å². The Hall–Kier alpha value is -10.3. The number of H-pyrrole nitrogens is 1. The first-order valence-corrected chi connectivity index (χ1v) is 59.7. The van der Waals surface area contributed by atoms with Gasteiger partial charge in [0.05, 0.1) is 74.2 Å². The van der Waals surface area contributed by atoms with Crippen LogP contribution < -0.4 is 38.8 Å². The van der Waals surface area contributed by atoms with Crippen LogP contribution in [-0.2, 0) is 74.0 Å². The van der Waals surface area contributed by atoms with E-state index in [0.717, 1.165) is 120 Å². The second kappa shape index (κ2) is 48.6. The number of rotatable bonds is 37. The lowest BCUT2D eigenvalue weighted by Gasteiger charge is -2.34. The van der Waals surface area contributed by atoms with E-state index in [1.165, 1.54) is 187 Å². The molecule has 4 unspecified atom stereocenters. The number of hydrogen-bond donors (Lipinski definition) is 6. The number of amides is 2. The van der Waals surface area contributed by atoms with Gasteiger partial charge in [-0.3, -0.25) is 32.9 Å². The standard InChI is InChI=1S/C29H39ClN6O4S.C28H37N7O4S.C15H16ClN3O3.C14H25N3O2S.C12H24O3S.C3H5N3O2S/c1-28(2)11-9-21(18-28)6-4-5-15-35-20-22(19-31-35)41(38,39)34-27(37)23-7-8-24(32-26(23)30)36-16-10-25(33-36)40-17-14-29(3)12-13-29;1-27(2)16-20-6-4-5-13-33-19-21(17-29-33)40(37,38)32-26(36)22-7-8-23(30-25(22)34(27)18-20)35-14-9-24(31-35)39-15-12-28(3)10-11-28;1-15(5-6-15)7-9-22-12-4-8-19(18-12)11-3-2-10(14(20)21)13(16)17-11;1-14(2)7-6-12(9-14)5-3-4-8-17-11-13(10-16-17)20(15,18)19;1-12(2)8-7-11(10-12)6-4-5-9-15-16(3,13)14;4-9(7,8)3-1-5-6-2-3/h7-8,10,16,19-21H,4-6,9,11-15,17-18H2,1-3H3,(H,34,37);7-9,14,17,19-20H,4-6,10-13,15-16,18H2,1-3H3,(H,32,36);2-4,8H,5-7,9H2,1H3,(H,20,21);10-12H,3-9H2,1-2H3,(H2,15,18,19);11H,4-10H2,1-3H3;1-2H,(H,5,6)(H2,4,7,8). The van der Waals surface area contributed by atoms with Gasteiger partial charge in [-0.1, -0.05) is 130 Å². The van der Waals surface area contributed by atoms with E-state index >= 15 is 0 Å². The Kier molecular flexibility index (Phi) is 37.7. The fourth-order valence-electron chi connectivity index (χ4n) is 19.5. The summed E-state index contributed by atoms with van der Waals surface area (Å²) in [5.41, 5.74) is 2.58. The predicted molar refractivity (Wildman–Crippen MR) is 560 cm³/mol. The number of fused-ring (bicyclic) bond motifs is 6. The largest absolute Gasteiger partial charge is 0.478 e. The highest BCUT2D eigenvalue weighted by molar-refractivity contribution is 7.90. The molecule has 2 aliphatic heterocycles. The van der Waals surface area contributed by atoms with E-state index in [2.05, 4.69) is 141 Å². The van der Waals surface area contributed by atoms with Gasteiger partial charge in [0.1, 0.15) is 35.7 Å². The Balaban J connectivity index is 0.000000157. The summed E-state index contributed by atoms with van der Waals surface area (Å²) in [6.07, 6.45) is 53.0. The van der Waals surface area contributed by atoms with Crippen LogP contribution in [0.1, 0.15) is 306 Å². The van der Waals surface area contributed by atoms with Crippen molar-refractivity contribution in [1.29, 1.82) is 0 Å². The molecular weight excluding hydrogens is 2040 g/mol. The quantitative estimate of drug-likeness (QED) is 0.0120. The number of ether oxygens (including phenoxy) is 3. The number of carbonyl (C=O) groups is 3. The summed E-state index contributed by atoms with van der Waals surface area (Å²) in [5, 5.41) is 49.8. The van der Waals surface area contributed by atoms with Crippen molar-refractivity contribution in [2.24, 2.45) is 66.4 Å². The van der Waals surface area contributed by atoms with Crippen molar-refractivity contribution in [3.63, 3.8) is 0 Å². The number of carbonyl (C=O) groups excluding carboxylic acids is 2. The molecule has 6 saturated carbocycles. The zero-order valence-corrected chi connectivity index (χ0v) is 92.5. The Morgan fingerprint density at radius 3 is 1.39 bits per heavy atom. The van der Waals surface area contributed by atoms with Gasteiger partial charge in [-0.15, -0.1) is 15.3 Å². The molecule has 812 valence electrons. The minimum atomic E-state index is -4.14. The van der Waals surface area contributed by atoms with E-state index in [1.54, 1.807) is 79.8 Å². The minimum Gasteiger partial charge on any atom is -0.478 e. The number of hydrogen-bond acceptors (Lipinski definition) is 28. The highest BCUT2D eigenvalue weighted by Crippen LogP contribution is 2.51. The number of aromatic nitrogens is 17. The molecule has 1 saturated heterocycles. The van der Waals surface area contributed by atoms with Gasteiger partial charge >= 0.3 is 5.97 Å². The lowest BCUT2D eigenvalue weighted by Crippen LogP contribution is -2.41. The number of carboxylic acids is 1. The summed E-state index contributed by atoms with van der Waals surface area (Å²) < 4.78 is 152. The van der Waals surface area contributed by atoms with Crippen LogP contribution in [0.5, 0.6) is 17.6 Å². The Bertz CT molecular complexity index is 6790. The van der Waals surface area contributed by atoms with Gasteiger partial charge < -0.3 is 24.2 Å². The van der Waals surface area contributed by atoms with E-state index in [0.29, 0.717) is 119 Å². The topological polar surface area (TPSA) is 533 Å². The molecular formula is C101H146Cl2N22O18S5. The third-order valence-electron chi connectivity index (χ3n) is 29.3. The normalized spacial score (nSPS) is 20.3. The molecule has 2 amide bonds. The number of primary sulfonamides is 2. The maximum Gasteiger partial charge on any atom is 0.338 e. The number of nitrogens with one attached hydrogen (secondary N) is 3. The van der Waals surface area contributed by atoms with Crippen LogP contribution in [0.25, 0.3) is 17.5 Å². The summed E-state index contributed by atoms with van der Waals surface area (Å²) in [7, 11) is -18.7.